The van der Waals surface area contributed by atoms with Gasteiger partial charge in [0.2, 0.25) is 0 Å². The van der Waals surface area contributed by atoms with E-state index < -0.39 is 22.2 Å². The number of benzene rings is 1. The first kappa shape index (κ1) is 21.6. The van der Waals surface area contributed by atoms with Crippen LogP contribution in [0.1, 0.15) is 84.8 Å². The van der Waals surface area contributed by atoms with E-state index in [1.54, 1.807) is 0 Å². The zero-order valence-electron chi connectivity index (χ0n) is 18.2. The Bertz CT molecular complexity index is 695. The average molecular weight is 369 g/mol. The van der Waals surface area contributed by atoms with E-state index >= 15 is 0 Å². The summed E-state index contributed by atoms with van der Waals surface area (Å²) in [6, 6.07) is 8.06. The fourth-order valence-electron chi connectivity index (χ4n) is 5.56. The number of carbonyl (C=O) groups is 2. The third-order valence-corrected chi connectivity index (χ3v) is 6.44. The molecule has 0 heterocycles. The van der Waals surface area contributed by atoms with E-state index in [-0.39, 0.29) is 17.5 Å². The van der Waals surface area contributed by atoms with Gasteiger partial charge >= 0.3 is 0 Å². The lowest BCUT2D eigenvalue weighted by molar-refractivity contribution is -0.184. The number of ketones is 2. The molecule has 0 bridgehead atoms. The quantitative estimate of drug-likeness (QED) is 0.541. The molecular weight excluding hydrogens is 332 g/mol. The third-order valence-electron chi connectivity index (χ3n) is 6.44. The van der Waals surface area contributed by atoms with Crippen molar-refractivity contribution in [3.63, 3.8) is 0 Å². The molecule has 0 radical (unpaired) electrons. The first-order valence-corrected chi connectivity index (χ1v) is 10.2. The molecule has 0 spiro atoms. The van der Waals surface area contributed by atoms with Crippen LogP contribution in [0.3, 0.4) is 0 Å². The SMILES string of the molecule is C=Cc1ccccc1C(CCCC)C1C(=O)C(C(C)(C)C)(C(C)(C)C)C1=O. The summed E-state index contributed by atoms with van der Waals surface area (Å²) in [5.74, 6) is -0.326. The van der Waals surface area contributed by atoms with E-state index in [0.29, 0.717) is 0 Å². The van der Waals surface area contributed by atoms with Crippen molar-refractivity contribution >= 4 is 17.6 Å². The maximum Gasteiger partial charge on any atom is 0.158 e. The Labute approximate surface area is 165 Å². The third kappa shape index (κ3) is 3.22. The van der Waals surface area contributed by atoms with Crippen molar-refractivity contribution in [1.29, 1.82) is 0 Å². The smallest absolute Gasteiger partial charge is 0.158 e. The predicted octanol–water partition coefficient (Wildman–Crippen LogP) is 6.45. The van der Waals surface area contributed by atoms with Gasteiger partial charge in [0, 0.05) is 5.92 Å². The van der Waals surface area contributed by atoms with Crippen LogP contribution in [0.5, 0.6) is 0 Å². The van der Waals surface area contributed by atoms with Crippen LogP contribution in [-0.4, -0.2) is 11.6 Å². The summed E-state index contributed by atoms with van der Waals surface area (Å²) in [4.78, 5) is 27.4. The Morgan fingerprint density at radius 1 is 1.04 bits per heavy atom. The van der Waals surface area contributed by atoms with Gasteiger partial charge in [0.15, 0.2) is 11.6 Å². The molecule has 1 atom stereocenters. The van der Waals surface area contributed by atoms with Crippen molar-refractivity contribution in [2.75, 3.05) is 0 Å². The van der Waals surface area contributed by atoms with Crippen molar-refractivity contribution < 1.29 is 9.59 Å². The van der Waals surface area contributed by atoms with Crippen LogP contribution in [0, 0.1) is 22.2 Å². The molecule has 0 amide bonds. The molecule has 0 aromatic heterocycles. The van der Waals surface area contributed by atoms with Crippen LogP contribution < -0.4 is 0 Å². The molecule has 0 N–H and O–H groups in total. The highest BCUT2D eigenvalue weighted by Gasteiger charge is 2.72. The Kier molecular flexibility index (Phi) is 5.90. The van der Waals surface area contributed by atoms with E-state index in [9.17, 15) is 9.59 Å². The Hall–Kier alpha value is -1.70. The van der Waals surface area contributed by atoms with Gasteiger partial charge in [-0.2, -0.15) is 0 Å². The first-order chi connectivity index (χ1) is 12.4. The Morgan fingerprint density at radius 3 is 2.00 bits per heavy atom. The standard InChI is InChI=1S/C25H36O2/c1-9-11-15-19(18-16-13-12-14-17(18)10-2)20-21(26)25(22(20)27,23(3,4)5)24(6,7)8/h10,12-14,16,19-20H,2,9,11,15H2,1,3-8H3. The van der Waals surface area contributed by atoms with Crippen molar-refractivity contribution in [1.82, 2.24) is 0 Å². The molecule has 1 unspecified atom stereocenters. The van der Waals surface area contributed by atoms with E-state index in [4.69, 9.17) is 0 Å². The highest BCUT2D eigenvalue weighted by atomic mass is 16.2. The number of rotatable bonds is 6. The minimum atomic E-state index is -0.918. The zero-order valence-corrected chi connectivity index (χ0v) is 18.2. The molecule has 0 aliphatic heterocycles. The van der Waals surface area contributed by atoms with Crippen LogP contribution in [0.25, 0.3) is 6.08 Å². The average Bonchev–Trinajstić information content (AvgIpc) is 2.56. The molecule has 1 aromatic carbocycles. The Morgan fingerprint density at radius 2 is 1.56 bits per heavy atom. The van der Waals surface area contributed by atoms with Gasteiger partial charge in [0.05, 0.1) is 11.3 Å². The number of Topliss-reactive ketones (excluding diaryl/α,β-unsaturated/α-hetero) is 2. The van der Waals surface area contributed by atoms with Crippen LogP contribution in [0.4, 0.5) is 0 Å². The first-order valence-electron chi connectivity index (χ1n) is 10.2. The summed E-state index contributed by atoms with van der Waals surface area (Å²) >= 11 is 0. The maximum absolute atomic E-state index is 13.7. The minimum absolute atomic E-state index is 0.0584. The summed E-state index contributed by atoms with van der Waals surface area (Å²) in [6.07, 6.45) is 4.74. The highest BCUT2D eigenvalue weighted by Crippen LogP contribution is 2.63. The molecular formula is C25H36O2. The number of carbonyl (C=O) groups excluding carboxylic acids is 2. The van der Waals surface area contributed by atoms with Gasteiger partial charge in [-0.05, 0) is 28.4 Å². The molecule has 1 fully saturated rings. The zero-order chi connectivity index (χ0) is 20.6. The maximum atomic E-state index is 13.7. The molecule has 148 valence electrons. The van der Waals surface area contributed by atoms with Gasteiger partial charge in [0.1, 0.15) is 0 Å². The summed E-state index contributed by atoms with van der Waals surface area (Å²) < 4.78 is 0. The molecule has 1 aliphatic rings. The summed E-state index contributed by atoms with van der Waals surface area (Å²) in [6.45, 7) is 18.3. The number of unbranched alkanes of at least 4 members (excludes halogenated alkanes) is 1. The van der Waals surface area contributed by atoms with Crippen molar-refractivity contribution in [3.8, 4) is 0 Å². The van der Waals surface area contributed by atoms with Gasteiger partial charge in [-0.3, -0.25) is 9.59 Å². The van der Waals surface area contributed by atoms with Gasteiger partial charge in [-0.15, -0.1) is 0 Å². The van der Waals surface area contributed by atoms with E-state index in [1.165, 1.54) is 0 Å². The van der Waals surface area contributed by atoms with Gasteiger partial charge in [-0.25, -0.2) is 0 Å². The lowest BCUT2D eigenvalue weighted by Gasteiger charge is -2.60. The molecule has 2 rings (SSSR count). The monoisotopic (exact) mass is 368 g/mol. The largest absolute Gasteiger partial charge is 0.298 e. The second-order valence-corrected chi connectivity index (χ2v) is 10.0. The fraction of sp³-hybridized carbons (Fsp3) is 0.600. The molecule has 1 aliphatic carbocycles. The van der Waals surface area contributed by atoms with E-state index in [0.717, 1.165) is 30.4 Å². The minimum Gasteiger partial charge on any atom is -0.298 e. The van der Waals surface area contributed by atoms with Crippen molar-refractivity contribution in [2.45, 2.75) is 73.6 Å². The van der Waals surface area contributed by atoms with Crippen LogP contribution in [0.2, 0.25) is 0 Å². The number of hydrogen-bond acceptors (Lipinski definition) is 2. The van der Waals surface area contributed by atoms with Crippen LogP contribution >= 0.6 is 0 Å². The molecule has 27 heavy (non-hydrogen) atoms. The molecule has 0 saturated heterocycles. The molecule has 2 heteroatoms. The van der Waals surface area contributed by atoms with Crippen LogP contribution in [-0.2, 0) is 9.59 Å². The topological polar surface area (TPSA) is 34.1 Å². The van der Waals surface area contributed by atoms with Crippen molar-refractivity contribution in [3.05, 3.63) is 42.0 Å². The molecule has 2 nitrogen and oxygen atoms in total. The second-order valence-electron chi connectivity index (χ2n) is 10.0. The molecule has 1 aromatic rings. The van der Waals surface area contributed by atoms with Gasteiger partial charge in [-0.1, -0.05) is 98.2 Å². The second kappa shape index (κ2) is 7.37. The van der Waals surface area contributed by atoms with Gasteiger partial charge in [0.25, 0.3) is 0 Å². The molecule has 1 saturated carbocycles. The number of hydrogen-bond donors (Lipinski definition) is 0. The van der Waals surface area contributed by atoms with E-state index in [1.807, 2.05) is 65.8 Å². The normalized spacial score (nSPS) is 18.9. The lowest BCUT2D eigenvalue weighted by Crippen LogP contribution is -2.71. The fourth-order valence-corrected chi connectivity index (χ4v) is 5.56. The Balaban J connectivity index is 2.55. The van der Waals surface area contributed by atoms with Gasteiger partial charge < -0.3 is 0 Å². The lowest BCUT2D eigenvalue weighted by atomic mass is 9.39. The van der Waals surface area contributed by atoms with Crippen LogP contribution in [0.15, 0.2) is 30.8 Å². The summed E-state index contributed by atoms with van der Waals surface area (Å²) in [5, 5.41) is 0. The highest BCUT2D eigenvalue weighted by molar-refractivity contribution is 6.29. The van der Waals surface area contributed by atoms with Crippen molar-refractivity contribution in [2.24, 2.45) is 22.2 Å². The predicted molar refractivity (Wildman–Crippen MR) is 114 cm³/mol. The summed E-state index contributed by atoms with van der Waals surface area (Å²) in [5.41, 5.74) is 0.400. The van der Waals surface area contributed by atoms with E-state index in [2.05, 4.69) is 19.6 Å². The summed E-state index contributed by atoms with van der Waals surface area (Å²) in [7, 11) is 0.